The van der Waals surface area contributed by atoms with Crippen LogP contribution >= 0.6 is 11.8 Å². The van der Waals surface area contributed by atoms with Crippen LogP contribution in [-0.2, 0) is 0 Å². The molecule has 0 atom stereocenters. The first-order valence-corrected chi connectivity index (χ1v) is 5.58. The maximum Gasteiger partial charge on any atom is 0.173 e. The van der Waals surface area contributed by atoms with Gasteiger partial charge in [0.1, 0.15) is 11.1 Å². The molecule has 78 valence electrons. The summed E-state index contributed by atoms with van der Waals surface area (Å²) in [6.45, 7) is 1.82. The van der Waals surface area contributed by atoms with Crippen molar-refractivity contribution in [1.29, 1.82) is 5.26 Å². The topological polar surface area (TPSA) is 49.6 Å². The Hall–Kier alpha value is -1.86. The predicted octanol–water partition coefficient (Wildman–Crippen LogP) is 2.81. The first-order valence-electron chi connectivity index (χ1n) is 4.76. The summed E-state index contributed by atoms with van der Waals surface area (Å²) in [5.74, 6) is 0. The summed E-state index contributed by atoms with van der Waals surface area (Å²) in [4.78, 5) is 9.42. The lowest BCUT2D eigenvalue weighted by molar-refractivity contribution is 0.985. The van der Waals surface area contributed by atoms with Crippen molar-refractivity contribution >= 4 is 11.8 Å². The second-order valence-corrected chi connectivity index (χ2v) is 4.25. The van der Waals surface area contributed by atoms with Gasteiger partial charge in [0.2, 0.25) is 0 Å². The van der Waals surface area contributed by atoms with E-state index in [1.807, 2.05) is 37.3 Å². The lowest BCUT2D eigenvalue weighted by Gasteiger charge is -2.02. The van der Waals surface area contributed by atoms with Gasteiger partial charge in [-0.15, -0.1) is 0 Å². The van der Waals surface area contributed by atoms with E-state index >= 15 is 0 Å². The van der Waals surface area contributed by atoms with Crippen molar-refractivity contribution in [3.05, 3.63) is 47.9 Å². The maximum absolute atomic E-state index is 8.96. The van der Waals surface area contributed by atoms with Gasteiger partial charge in [0.05, 0.1) is 5.69 Å². The van der Waals surface area contributed by atoms with Gasteiger partial charge < -0.3 is 0 Å². The zero-order chi connectivity index (χ0) is 11.4. The van der Waals surface area contributed by atoms with Crippen LogP contribution in [0.4, 0.5) is 0 Å². The third-order valence-corrected chi connectivity index (χ3v) is 2.92. The minimum atomic E-state index is 0.383. The lowest BCUT2D eigenvalue weighted by atomic mass is 10.4. The van der Waals surface area contributed by atoms with Gasteiger partial charge in [0.15, 0.2) is 5.69 Å². The summed E-state index contributed by atoms with van der Waals surface area (Å²) in [6.07, 6.45) is 1.67. The van der Waals surface area contributed by atoms with Crippen molar-refractivity contribution in [3.63, 3.8) is 0 Å². The van der Waals surface area contributed by atoms with E-state index < -0.39 is 0 Å². The Balaban J connectivity index is 2.32. The Morgan fingerprint density at radius 2 is 2.00 bits per heavy atom. The molecule has 0 unspecified atom stereocenters. The van der Waals surface area contributed by atoms with Gasteiger partial charge in [-0.25, -0.2) is 9.97 Å². The lowest BCUT2D eigenvalue weighted by Crippen LogP contribution is -1.93. The Labute approximate surface area is 98.2 Å². The Morgan fingerprint density at radius 1 is 1.25 bits per heavy atom. The van der Waals surface area contributed by atoms with Crippen LogP contribution in [-0.4, -0.2) is 9.97 Å². The van der Waals surface area contributed by atoms with Crippen molar-refractivity contribution in [2.75, 3.05) is 0 Å². The number of aryl methyl sites for hydroxylation is 1. The van der Waals surface area contributed by atoms with E-state index in [2.05, 4.69) is 16.0 Å². The fraction of sp³-hybridized carbons (Fsp3) is 0.0833. The zero-order valence-corrected chi connectivity index (χ0v) is 9.53. The van der Waals surface area contributed by atoms with Crippen LogP contribution in [0.2, 0.25) is 0 Å². The van der Waals surface area contributed by atoms with Gasteiger partial charge in [0, 0.05) is 11.1 Å². The summed E-state index contributed by atoms with van der Waals surface area (Å²) in [5, 5.41) is 9.61. The average Bonchev–Trinajstić information content (AvgIpc) is 2.33. The highest BCUT2D eigenvalue weighted by molar-refractivity contribution is 7.99. The first-order chi connectivity index (χ1) is 7.79. The molecule has 1 heterocycles. The molecule has 0 amide bonds. The van der Waals surface area contributed by atoms with Crippen LogP contribution in [0.5, 0.6) is 0 Å². The van der Waals surface area contributed by atoms with Gasteiger partial charge in [-0.2, -0.15) is 5.26 Å². The van der Waals surface area contributed by atoms with E-state index in [1.54, 1.807) is 6.20 Å². The second kappa shape index (κ2) is 4.77. The maximum atomic E-state index is 8.96. The number of rotatable bonds is 2. The molecule has 0 saturated heterocycles. The molecule has 1 aromatic heterocycles. The molecule has 0 N–H and O–H groups in total. The number of aromatic nitrogens is 2. The predicted molar refractivity (Wildman–Crippen MR) is 62.0 cm³/mol. The van der Waals surface area contributed by atoms with E-state index in [-0.39, 0.29) is 0 Å². The number of nitrogens with zero attached hydrogens (tertiary/aromatic N) is 3. The summed E-state index contributed by atoms with van der Waals surface area (Å²) < 4.78 is 0. The van der Waals surface area contributed by atoms with Gasteiger partial charge >= 0.3 is 0 Å². The van der Waals surface area contributed by atoms with Gasteiger partial charge in [0.25, 0.3) is 0 Å². The smallest absolute Gasteiger partial charge is 0.173 e. The Kier molecular flexibility index (Phi) is 3.18. The average molecular weight is 227 g/mol. The summed E-state index contributed by atoms with van der Waals surface area (Å²) in [6, 6.07) is 11.9. The highest BCUT2D eigenvalue weighted by Crippen LogP contribution is 2.27. The number of hydrogen-bond acceptors (Lipinski definition) is 4. The molecule has 0 radical (unpaired) electrons. The van der Waals surface area contributed by atoms with Gasteiger partial charge in [-0.1, -0.05) is 30.0 Å². The van der Waals surface area contributed by atoms with Crippen LogP contribution in [0.25, 0.3) is 0 Å². The molecule has 0 saturated carbocycles. The number of hydrogen-bond donors (Lipinski definition) is 0. The van der Waals surface area contributed by atoms with Crippen LogP contribution in [0.3, 0.4) is 0 Å². The van der Waals surface area contributed by atoms with Crippen molar-refractivity contribution in [2.24, 2.45) is 0 Å². The Morgan fingerprint density at radius 3 is 2.69 bits per heavy atom. The SMILES string of the molecule is Cc1cnc(Sc2ccccc2)c(C#N)n1. The fourth-order valence-corrected chi connectivity index (χ4v) is 2.02. The third kappa shape index (κ3) is 2.38. The minimum Gasteiger partial charge on any atom is -0.245 e. The van der Waals surface area contributed by atoms with Crippen molar-refractivity contribution in [2.45, 2.75) is 16.8 Å². The van der Waals surface area contributed by atoms with Crippen molar-refractivity contribution < 1.29 is 0 Å². The summed E-state index contributed by atoms with van der Waals surface area (Å²) in [5.41, 5.74) is 1.14. The molecule has 2 rings (SSSR count). The molecular formula is C12H9N3S. The third-order valence-electron chi connectivity index (χ3n) is 1.92. The number of nitriles is 1. The monoisotopic (exact) mass is 227 g/mol. The molecule has 0 aliphatic carbocycles. The second-order valence-electron chi connectivity index (χ2n) is 3.19. The van der Waals surface area contributed by atoms with E-state index in [0.29, 0.717) is 10.7 Å². The highest BCUT2D eigenvalue weighted by atomic mass is 32.2. The molecule has 0 spiro atoms. The van der Waals surface area contributed by atoms with Gasteiger partial charge in [-0.3, -0.25) is 0 Å². The molecule has 1 aromatic carbocycles. The molecule has 0 fully saturated rings. The Bertz CT molecular complexity index is 532. The molecule has 0 bridgehead atoms. The zero-order valence-electron chi connectivity index (χ0n) is 8.71. The molecular weight excluding hydrogens is 218 g/mol. The van der Waals surface area contributed by atoms with Crippen LogP contribution in [0, 0.1) is 18.3 Å². The molecule has 2 aromatic rings. The van der Waals surface area contributed by atoms with Crippen LogP contribution in [0.15, 0.2) is 46.5 Å². The molecule has 3 nitrogen and oxygen atoms in total. The van der Waals surface area contributed by atoms with E-state index in [0.717, 1.165) is 10.6 Å². The van der Waals surface area contributed by atoms with Gasteiger partial charge in [-0.05, 0) is 19.1 Å². The highest BCUT2D eigenvalue weighted by Gasteiger charge is 2.07. The largest absolute Gasteiger partial charge is 0.245 e. The quantitative estimate of drug-likeness (QED) is 0.791. The summed E-state index contributed by atoms with van der Waals surface area (Å²) >= 11 is 1.45. The minimum absolute atomic E-state index is 0.383. The molecule has 16 heavy (non-hydrogen) atoms. The van der Waals surface area contributed by atoms with Crippen molar-refractivity contribution in [1.82, 2.24) is 9.97 Å². The molecule has 4 heteroatoms. The van der Waals surface area contributed by atoms with Crippen molar-refractivity contribution in [3.8, 4) is 6.07 Å². The van der Waals surface area contributed by atoms with Crippen LogP contribution in [0.1, 0.15) is 11.4 Å². The van der Waals surface area contributed by atoms with E-state index in [1.165, 1.54) is 11.8 Å². The molecule has 0 aliphatic rings. The first kappa shape index (κ1) is 10.7. The normalized spacial score (nSPS) is 9.75. The van der Waals surface area contributed by atoms with E-state index in [4.69, 9.17) is 5.26 Å². The van der Waals surface area contributed by atoms with E-state index in [9.17, 15) is 0 Å². The fourth-order valence-electron chi connectivity index (χ4n) is 1.21. The standard InChI is InChI=1S/C12H9N3S/c1-9-8-14-12(11(7-13)15-9)16-10-5-3-2-4-6-10/h2-6,8H,1H3. The molecule has 0 aliphatic heterocycles. The number of benzene rings is 1. The summed E-state index contributed by atoms with van der Waals surface area (Å²) in [7, 11) is 0. The van der Waals surface area contributed by atoms with Crippen LogP contribution < -0.4 is 0 Å².